The van der Waals surface area contributed by atoms with Crippen molar-refractivity contribution < 1.29 is 23.8 Å². The van der Waals surface area contributed by atoms with E-state index in [1.54, 1.807) is 37.3 Å². The molecule has 3 aromatic rings. The van der Waals surface area contributed by atoms with Crippen molar-refractivity contribution in [3.05, 3.63) is 60.2 Å². The Morgan fingerprint density at radius 3 is 2.69 bits per heavy atom. The van der Waals surface area contributed by atoms with Gasteiger partial charge < -0.3 is 24.4 Å². The van der Waals surface area contributed by atoms with Crippen LogP contribution in [0.2, 0.25) is 0 Å². The molecule has 0 radical (unpaired) electrons. The number of aromatic nitrogens is 1. The number of esters is 1. The van der Waals surface area contributed by atoms with Crippen LogP contribution in [0, 0.1) is 0 Å². The van der Waals surface area contributed by atoms with Gasteiger partial charge in [-0.05, 0) is 37.3 Å². The quantitative estimate of drug-likeness (QED) is 0.570. The summed E-state index contributed by atoms with van der Waals surface area (Å²) in [7, 11) is 0. The number of amides is 1. The molecule has 2 heterocycles. The van der Waals surface area contributed by atoms with Gasteiger partial charge in [0.2, 0.25) is 0 Å². The third-order valence-electron chi connectivity index (χ3n) is 5.06. The van der Waals surface area contributed by atoms with Crippen molar-refractivity contribution in [1.82, 2.24) is 4.98 Å². The van der Waals surface area contributed by atoms with E-state index >= 15 is 0 Å². The first-order valence-electron chi connectivity index (χ1n) is 10.6. The Bertz CT molecular complexity index is 1110. The van der Waals surface area contributed by atoms with E-state index in [1.807, 2.05) is 24.3 Å². The normalized spacial score (nSPS) is 13.6. The Morgan fingerprint density at radius 1 is 1.06 bits per heavy atom. The van der Waals surface area contributed by atoms with Gasteiger partial charge in [-0.15, -0.1) is 0 Å². The summed E-state index contributed by atoms with van der Waals surface area (Å²) in [6, 6.07) is 16.3. The van der Waals surface area contributed by atoms with E-state index in [0.29, 0.717) is 35.7 Å². The third-order valence-corrected chi connectivity index (χ3v) is 5.06. The highest BCUT2D eigenvalue weighted by Gasteiger charge is 2.16. The Kier molecular flexibility index (Phi) is 6.81. The van der Waals surface area contributed by atoms with Gasteiger partial charge in [0.05, 0.1) is 31.1 Å². The molecule has 4 rings (SSSR count). The topological polar surface area (TPSA) is 90.0 Å². The number of carbonyl (C=O) groups is 2. The van der Waals surface area contributed by atoms with E-state index in [2.05, 4.69) is 10.2 Å². The highest BCUT2D eigenvalue weighted by Crippen LogP contribution is 2.27. The number of ether oxygens (including phenoxy) is 3. The predicted octanol–water partition coefficient (Wildman–Crippen LogP) is 3.27. The first kappa shape index (κ1) is 21.6. The number of nitrogens with one attached hydrogen (secondary N) is 1. The van der Waals surface area contributed by atoms with Crippen molar-refractivity contribution in [3.63, 3.8) is 0 Å². The third kappa shape index (κ3) is 4.97. The van der Waals surface area contributed by atoms with Crippen LogP contribution in [0.5, 0.6) is 5.75 Å². The summed E-state index contributed by atoms with van der Waals surface area (Å²) >= 11 is 0. The Morgan fingerprint density at radius 2 is 1.88 bits per heavy atom. The van der Waals surface area contributed by atoms with Crippen molar-refractivity contribution in [2.45, 2.75) is 6.92 Å². The zero-order valence-electron chi connectivity index (χ0n) is 17.9. The molecule has 1 amide bonds. The molecule has 0 bridgehead atoms. The fourth-order valence-corrected chi connectivity index (χ4v) is 3.50. The second-order valence-electron chi connectivity index (χ2n) is 7.20. The van der Waals surface area contributed by atoms with Crippen LogP contribution in [-0.2, 0) is 14.3 Å². The van der Waals surface area contributed by atoms with Crippen LogP contribution in [0.15, 0.2) is 54.6 Å². The maximum absolute atomic E-state index is 12.5. The molecule has 1 saturated heterocycles. The molecule has 8 heteroatoms. The molecule has 1 aromatic heterocycles. The molecule has 0 saturated carbocycles. The van der Waals surface area contributed by atoms with E-state index in [0.717, 1.165) is 24.3 Å². The molecule has 1 aliphatic rings. The second-order valence-corrected chi connectivity index (χ2v) is 7.20. The van der Waals surface area contributed by atoms with Gasteiger partial charge >= 0.3 is 5.97 Å². The molecular formula is C24H25N3O5. The molecule has 166 valence electrons. The number of nitrogens with zero attached hydrogens (tertiary/aromatic N) is 2. The van der Waals surface area contributed by atoms with E-state index in [-0.39, 0.29) is 19.1 Å². The first-order chi connectivity index (χ1) is 15.7. The molecule has 1 N–H and O–H groups in total. The van der Waals surface area contributed by atoms with Gasteiger partial charge in [-0.25, -0.2) is 9.78 Å². The van der Waals surface area contributed by atoms with Crippen LogP contribution in [0.3, 0.4) is 0 Å². The lowest BCUT2D eigenvalue weighted by Crippen LogP contribution is -2.36. The Labute approximate surface area is 186 Å². The van der Waals surface area contributed by atoms with E-state index in [1.165, 1.54) is 0 Å². The lowest BCUT2D eigenvalue weighted by Gasteiger charge is -2.28. The maximum Gasteiger partial charge on any atom is 0.340 e. The predicted molar refractivity (Wildman–Crippen MR) is 121 cm³/mol. The van der Waals surface area contributed by atoms with Gasteiger partial charge in [-0.1, -0.05) is 24.3 Å². The molecule has 0 spiro atoms. The van der Waals surface area contributed by atoms with Gasteiger partial charge in [0.1, 0.15) is 17.1 Å². The number of anilines is 2. The Balaban J connectivity index is 1.47. The highest BCUT2D eigenvalue weighted by atomic mass is 16.5. The zero-order chi connectivity index (χ0) is 22.3. The van der Waals surface area contributed by atoms with Crippen LogP contribution in [0.4, 0.5) is 11.5 Å². The monoisotopic (exact) mass is 435 g/mol. The summed E-state index contributed by atoms with van der Waals surface area (Å²) in [5, 5.41) is 3.65. The highest BCUT2D eigenvalue weighted by molar-refractivity contribution is 6.01. The van der Waals surface area contributed by atoms with Crippen LogP contribution in [-0.4, -0.2) is 56.4 Å². The fraction of sp³-hybridized carbons (Fsp3) is 0.292. The molecular weight excluding hydrogens is 410 g/mol. The van der Waals surface area contributed by atoms with E-state index in [9.17, 15) is 9.59 Å². The minimum atomic E-state index is -0.488. The standard InChI is InChI=1S/C24H25N3O5/c1-2-31-24(29)18-7-3-4-8-19(18)25-22(28)16-32-20-9-5-6-17-10-11-21(26-23(17)20)27-12-14-30-15-13-27/h3-11H,2,12-16H2,1H3,(H,25,28). The largest absolute Gasteiger partial charge is 0.481 e. The van der Waals surface area contributed by atoms with Crippen LogP contribution in [0.1, 0.15) is 17.3 Å². The lowest BCUT2D eigenvalue weighted by molar-refractivity contribution is -0.118. The number of rotatable bonds is 7. The van der Waals surface area contributed by atoms with Crippen molar-refractivity contribution in [2.75, 3.05) is 49.7 Å². The molecule has 2 aromatic carbocycles. The minimum Gasteiger partial charge on any atom is -0.481 e. The van der Waals surface area contributed by atoms with Gasteiger partial charge in [-0.3, -0.25) is 4.79 Å². The van der Waals surface area contributed by atoms with E-state index < -0.39 is 5.97 Å². The number of benzene rings is 2. The fourth-order valence-electron chi connectivity index (χ4n) is 3.50. The molecule has 0 unspecified atom stereocenters. The summed E-state index contributed by atoms with van der Waals surface area (Å²) in [5.41, 5.74) is 1.37. The second kappa shape index (κ2) is 10.1. The Hall–Kier alpha value is -3.65. The van der Waals surface area contributed by atoms with Gasteiger partial charge in [0, 0.05) is 18.5 Å². The number of fused-ring (bicyclic) bond motifs is 1. The van der Waals surface area contributed by atoms with Crippen molar-refractivity contribution in [1.29, 1.82) is 0 Å². The molecule has 1 fully saturated rings. The smallest absolute Gasteiger partial charge is 0.340 e. The van der Waals surface area contributed by atoms with Crippen molar-refractivity contribution >= 4 is 34.3 Å². The summed E-state index contributed by atoms with van der Waals surface area (Å²) < 4.78 is 16.3. The minimum absolute atomic E-state index is 0.222. The van der Waals surface area contributed by atoms with Crippen LogP contribution in [0.25, 0.3) is 10.9 Å². The maximum atomic E-state index is 12.5. The zero-order valence-corrected chi connectivity index (χ0v) is 17.9. The van der Waals surface area contributed by atoms with E-state index in [4.69, 9.17) is 19.2 Å². The lowest BCUT2D eigenvalue weighted by atomic mass is 10.2. The summed E-state index contributed by atoms with van der Waals surface area (Å²) in [6.45, 7) is 4.67. The summed E-state index contributed by atoms with van der Waals surface area (Å²) in [5.74, 6) is 0.498. The van der Waals surface area contributed by atoms with Crippen LogP contribution < -0.4 is 15.0 Å². The van der Waals surface area contributed by atoms with Gasteiger partial charge in [-0.2, -0.15) is 0 Å². The number of morpholine rings is 1. The number of hydrogen-bond acceptors (Lipinski definition) is 7. The first-order valence-corrected chi connectivity index (χ1v) is 10.6. The van der Waals surface area contributed by atoms with Gasteiger partial charge in [0.25, 0.3) is 5.91 Å². The molecule has 0 atom stereocenters. The van der Waals surface area contributed by atoms with Crippen LogP contribution >= 0.6 is 0 Å². The molecule has 32 heavy (non-hydrogen) atoms. The molecule has 8 nitrogen and oxygen atoms in total. The summed E-state index contributed by atoms with van der Waals surface area (Å²) in [4.78, 5) is 31.6. The number of carbonyl (C=O) groups excluding carboxylic acids is 2. The number of hydrogen-bond donors (Lipinski definition) is 1. The summed E-state index contributed by atoms with van der Waals surface area (Å²) in [6.07, 6.45) is 0. The average molecular weight is 435 g/mol. The molecule has 1 aliphatic heterocycles. The van der Waals surface area contributed by atoms with Gasteiger partial charge in [0.15, 0.2) is 6.61 Å². The molecule has 0 aliphatic carbocycles. The number of para-hydroxylation sites is 2. The van der Waals surface area contributed by atoms with Crippen molar-refractivity contribution in [2.24, 2.45) is 0 Å². The SMILES string of the molecule is CCOC(=O)c1ccccc1NC(=O)COc1cccc2ccc(N3CCOCC3)nc12. The average Bonchev–Trinajstić information content (AvgIpc) is 2.83. The number of pyridine rings is 1. The van der Waals surface area contributed by atoms with Crippen molar-refractivity contribution in [3.8, 4) is 5.75 Å².